The van der Waals surface area contributed by atoms with Crippen molar-refractivity contribution in [2.75, 3.05) is 14.1 Å². The lowest BCUT2D eigenvalue weighted by Gasteiger charge is -2.24. The lowest BCUT2D eigenvalue weighted by molar-refractivity contribution is 0.271. The normalized spacial score (nSPS) is 15.2. The predicted octanol–water partition coefficient (Wildman–Crippen LogP) is 1.24. The molecule has 0 amide bonds. The summed E-state index contributed by atoms with van der Waals surface area (Å²) in [5, 5.41) is 0. The summed E-state index contributed by atoms with van der Waals surface area (Å²) in [7, 11) is -0.548. The van der Waals surface area contributed by atoms with Gasteiger partial charge in [0.25, 0.3) is 0 Å². The topological polar surface area (TPSA) is 60.8 Å². The molecule has 1 unspecified atom stereocenters. The van der Waals surface area contributed by atoms with E-state index in [9.17, 15) is 4.57 Å². The zero-order valence-electron chi connectivity index (χ0n) is 7.90. The molecule has 4 nitrogen and oxygen atoms in total. The number of unbranched alkanes of at least 4 members (excludes halogenated alkanes) is 1. The van der Waals surface area contributed by atoms with E-state index >= 15 is 0 Å². The van der Waals surface area contributed by atoms with E-state index in [4.69, 9.17) is 9.79 Å². The van der Waals surface area contributed by atoms with Crippen LogP contribution in [-0.4, -0.2) is 34.6 Å². The monoisotopic (exact) mass is 195 g/mol. The van der Waals surface area contributed by atoms with Crippen molar-refractivity contribution in [1.82, 2.24) is 4.90 Å². The molecule has 0 saturated carbocycles. The Bertz CT molecular complexity index is 166. The van der Waals surface area contributed by atoms with Crippen molar-refractivity contribution in [2.45, 2.75) is 32.0 Å². The van der Waals surface area contributed by atoms with Crippen LogP contribution in [0, 0.1) is 0 Å². The summed E-state index contributed by atoms with van der Waals surface area (Å²) in [4.78, 5) is 19.5. The molecule has 74 valence electrons. The van der Waals surface area contributed by atoms with E-state index in [1.807, 2.05) is 6.92 Å². The molecule has 0 rings (SSSR count). The summed E-state index contributed by atoms with van der Waals surface area (Å²) < 4.78 is 10.9. The van der Waals surface area contributed by atoms with E-state index in [1.54, 1.807) is 19.0 Å². The maximum absolute atomic E-state index is 10.9. The van der Waals surface area contributed by atoms with Gasteiger partial charge < -0.3 is 9.79 Å². The average molecular weight is 195 g/mol. The molecule has 0 aliphatic rings. The fraction of sp³-hybridized carbons (Fsp3) is 1.00. The average Bonchev–Trinajstić information content (AvgIpc) is 1.84. The highest BCUT2D eigenvalue weighted by Crippen LogP contribution is 2.44. The van der Waals surface area contributed by atoms with E-state index < -0.39 is 13.4 Å². The maximum atomic E-state index is 10.9. The van der Waals surface area contributed by atoms with Gasteiger partial charge in [0, 0.05) is 0 Å². The first kappa shape index (κ1) is 12.1. The Hall–Kier alpha value is 0.110. The number of nitrogens with zero attached hydrogens (tertiary/aromatic N) is 1. The Morgan fingerprint density at radius 1 is 1.42 bits per heavy atom. The van der Waals surface area contributed by atoms with Crippen LogP contribution in [-0.2, 0) is 4.57 Å². The Morgan fingerprint density at radius 2 is 1.92 bits per heavy atom. The van der Waals surface area contributed by atoms with Gasteiger partial charge in [0.2, 0.25) is 0 Å². The van der Waals surface area contributed by atoms with Crippen LogP contribution in [0.2, 0.25) is 0 Å². The molecule has 2 N–H and O–H groups in total. The highest BCUT2D eigenvalue weighted by Gasteiger charge is 2.29. The van der Waals surface area contributed by atoms with Gasteiger partial charge in [0.15, 0.2) is 0 Å². The molecular formula is C7H18NO3P. The first-order chi connectivity index (χ1) is 5.39. The predicted molar refractivity (Wildman–Crippen MR) is 49.0 cm³/mol. The van der Waals surface area contributed by atoms with Gasteiger partial charge in [0.1, 0.15) is 5.78 Å². The molecule has 0 heterocycles. The Morgan fingerprint density at radius 3 is 2.17 bits per heavy atom. The van der Waals surface area contributed by atoms with E-state index in [2.05, 4.69) is 0 Å². The first-order valence-electron chi connectivity index (χ1n) is 4.11. The van der Waals surface area contributed by atoms with Crippen LogP contribution in [0.15, 0.2) is 0 Å². The zero-order chi connectivity index (χ0) is 9.78. The standard InChI is InChI=1S/C7H18NO3P/c1-4-5-6-7(8(2)3)12(9,10)11/h7H,4-6H2,1-3H3,(H2,9,10,11). The molecule has 0 aliphatic carbocycles. The molecule has 0 aromatic rings. The third-order valence-electron chi connectivity index (χ3n) is 1.80. The van der Waals surface area contributed by atoms with Crippen molar-refractivity contribution < 1.29 is 14.4 Å². The molecule has 0 spiro atoms. The summed E-state index contributed by atoms with van der Waals surface area (Å²) in [6.07, 6.45) is 2.38. The third kappa shape index (κ3) is 4.21. The van der Waals surface area contributed by atoms with Crippen molar-refractivity contribution in [1.29, 1.82) is 0 Å². The molecule has 0 saturated heterocycles. The maximum Gasteiger partial charge on any atom is 0.342 e. The molecule has 0 aromatic heterocycles. The molecule has 0 radical (unpaired) electrons. The summed E-state index contributed by atoms with van der Waals surface area (Å²) in [6, 6.07) is 0. The Kier molecular flexibility index (Phi) is 5.02. The minimum absolute atomic E-state index is 0.563. The molecule has 5 heteroatoms. The van der Waals surface area contributed by atoms with Crippen LogP contribution in [0.3, 0.4) is 0 Å². The second-order valence-corrected chi connectivity index (χ2v) is 4.95. The summed E-state index contributed by atoms with van der Waals surface area (Å²) in [5.41, 5.74) is 0. The summed E-state index contributed by atoms with van der Waals surface area (Å²) >= 11 is 0. The van der Waals surface area contributed by atoms with Crippen molar-refractivity contribution >= 4 is 7.60 Å². The van der Waals surface area contributed by atoms with Gasteiger partial charge in [-0.15, -0.1) is 0 Å². The van der Waals surface area contributed by atoms with Gasteiger partial charge >= 0.3 is 7.60 Å². The van der Waals surface area contributed by atoms with Gasteiger partial charge in [0.05, 0.1) is 0 Å². The van der Waals surface area contributed by atoms with Crippen molar-refractivity contribution in [2.24, 2.45) is 0 Å². The van der Waals surface area contributed by atoms with E-state index in [0.29, 0.717) is 6.42 Å². The molecule has 0 fully saturated rings. The highest BCUT2D eigenvalue weighted by atomic mass is 31.2. The van der Waals surface area contributed by atoms with Crippen LogP contribution in [0.5, 0.6) is 0 Å². The van der Waals surface area contributed by atoms with Gasteiger partial charge in [-0.2, -0.15) is 0 Å². The molecular weight excluding hydrogens is 177 g/mol. The fourth-order valence-electron chi connectivity index (χ4n) is 1.11. The Balaban J connectivity index is 4.15. The smallest absolute Gasteiger partial charge is 0.323 e. The van der Waals surface area contributed by atoms with Crippen molar-refractivity contribution in [3.8, 4) is 0 Å². The van der Waals surface area contributed by atoms with Gasteiger partial charge in [-0.1, -0.05) is 19.8 Å². The van der Waals surface area contributed by atoms with E-state index in [-0.39, 0.29) is 0 Å². The second-order valence-electron chi connectivity index (χ2n) is 3.18. The summed E-state index contributed by atoms with van der Waals surface area (Å²) in [6.45, 7) is 2.01. The van der Waals surface area contributed by atoms with Gasteiger partial charge in [-0.05, 0) is 20.5 Å². The Labute approximate surface area is 73.7 Å². The van der Waals surface area contributed by atoms with E-state index in [0.717, 1.165) is 12.8 Å². The SMILES string of the molecule is CCCCC(N(C)C)P(=O)(O)O. The van der Waals surface area contributed by atoms with Crippen LogP contribution in [0.4, 0.5) is 0 Å². The molecule has 0 aromatic carbocycles. The zero-order valence-corrected chi connectivity index (χ0v) is 8.79. The van der Waals surface area contributed by atoms with Crippen molar-refractivity contribution in [3.05, 3.63) is 0 Å². The van der Waals surface area contributed by atoms with Crippen molar-refractivity contribution in [3.63, 3.8) is 0 Å². The highest BCUT2D eigenvalue weighted by molar-refractivity contribution is 7.52. The number of hydrogen-bond acceptors (Lipinski definition) is 2. The molecule has 0 bridgehead atoms. The molecule has 1 atom stereocenters. The lowest BCUT2D eigenvalue weighted by Crippen LogP contribution is -2.27. The quantitative estimate of drug-likeness (QED) is 0.648. The van der Waals surface area contributed by atoms with Crippen LogP contribution in [0.25, 0.3) is 0 Å². The van der Waals surface area contributed by atoms with E-state index in [1.165, 1.54) is 0 Å². The fourth-order valence-corrected chi connectivity index (χ4v) is 2.23. The summed E-state index contributed by atoms with van der Waals surface area (Å²) in [5.74, 6) is -0.613. The van der Waals surface area contributed by atoms with Crippen LogP contribution >= 0.6 is 7.60 Å². The van der Waals surface area contributed by atoms with Crippen LogP contribution in [0.1, 0.15) is 26.2 Å². The second kappa shape index (κ2) is 4.97. The minimum Gasteiger partial charge on any atom is -0.323 e. The third-order valence-corrected chi connectivity index (χ3v) is 3.30. The lowest BCUT2D eigenvalue weighted by atomic mass is 10.2. The van der Waals surface area contributed by atoms with Gasteiger partial charge in [-0.3, -0.25) is 9.46 Å². The molecule has 0 aliphatic heterocycles. The largest absolute Gasteiger partial charge is 0.342 e. The number of hydrogen-bond donors (Lipinski definition) is 2. The number of rotatable bonds is 5. The van der Waals surface area contributed by atoms with Gasteiger partial charge in [-0.25, -0.2) is 0 Å². The molecule has 12 heavy (non-hydrogen) atoms. The van der Waals surface area contributed by atoms with Crippen LogP contribution < -0.4 is 0 Å². The first-order valence-corrected chi connectivity index (χ1v) is 5.79. The minimum atomic E-state index is -3.94.